The van der Waals surface area contributed by atoms with E-state index in [2.05, 4.69) is 15.9 Å². The molecule has 0 nitrogen and oxygen atoms in total. The van der Waals surface area contributed by atoms with Gasteiger partial charge in [-0.15, -0.1) is 0 Å². The fraction of sp³-hybridized carbons (Fsp3) is 0.250. The van der Waals surface area contributed by atoms with Gasteiger partial charge < -0.3 is 0 Å². The van der Waals surface area contributed by atoms with Crippen LogP contribution in [0, 0.1) is 6.92 Å². The zero-order valence-electron chi connectivity index (χ0n) is 5.94. The third-order valence-corrected chi connectivity index (χ3v) is 2.11. The molecule has 0 bridgehead atoms. The Labute approximate surface area is 72.4 Å². The van der Waals surface area contributed by atoms with Crippen molar-refractivity contribution in [3.63, 3.8) is 0 Å². The van der Waals surface area contributed by atoms with Crippen LogP contribution in [-0.4, -0.2) is 0 Å². The normalized spacial score (nSPS) is 10.6. The molecule has 0 spiro atoms. The molecule has 0 aromatic heterocycles. The Hall–Kier alpha value is -0.440. The number of halogens is 3. The summed E-state index contributed by atoms with van der Waals surface area (Å²) in [4.78, 5) is 0. The lowest BCUT2D eigenvalue weighted by Gasteiger charge is -2.03. The molecular weight excluding hydrogens is 214 g/mol. The van der Waals surface area contributed by atoms with Gasteiger partial charge >= 0.3 is 0 Å². The van der Waals surface area contributed by atoms with Gasteiger partial charge in [0, 0.05) is 10.0 Å². The molecular formula is C8H7BrF2. The van der Waals surface area contributed by atoms with Crippen molar-refractivity contribution in [1.82, 2.24) is 0 Å². The highest BCUT2D eigenvalue weighted by Gasteiger charge is 2.10. The minimum absolute atomic E-state index is 0.0602. The smallest absolute Gasteiger partial charge is 0.205 e. The zero-order valence-corrected chi connectivity index (χ0v) is 7.53. The van der Waals surface area contributed by atoms with Crippen molar-refractivity contribution in [2.45, 2.75) is 13.3 Å². The second kappa shape index (κ2) is 3.30. The van der Waals surface area contributed by atoms with Crippen LogP contribution < -0.4 is 0 Å². The van der Waals surface area contributed by atoms with Crippen LogP contribution in [0.25, 0.3) is 0 Å². The first-order valence-corrected chi connectivity index (χ1v) is 3.95. The van der Waals surface area contributed by atoms with E-state index >= 15 is 0 Å². The Morgan fingerprint density at radius 1 is 1.36 bits per heavy atom. The molecule has 0 fully saturated rings. The van der Waals surface area contributed by atoms with Crippen LogP contribution in [0.2, 0.25) is 0 Å². The lowest BCUT2D eigenvalue weighted by molar-refractivity contribution is 0.150. The molecule has 11 heavy (non-hydrogen) atoms. The quantitative estimate of drug-likeness (QED) is 0.678. The van der Waals surface area contributed by atoms with Crippen LogP contribution in [0.15, 0.2) is 22.7 Å². The van der Waals surface area contributed by atoms with Crippen LogP contribution in [0.3, 0.4) is 0 Å². The molecule has 0 saturated heterocycles. The lowest BCUT2D eigenvalue weighted by atomic mass is 10.1. The van der Waals surface area contributed by atoms with Crippen molar-refractivity contribution in [3.8, 4) is 0 Å². The Morgan fingerprint density at radius 3 is 2.45 bits per heavy atom. The first-order chi connectivity index (χ1) is 5.11. The molecule has 0 heterocycles. The summed E-state index contributed by atoms with van der Waals surface area (Å²) in [5, 5.41) is 0. The Morgan fingerprint density at radius 2 is 2.00 bits per heavy atom. The Balaban J connectivity index is 3.13. The van der Waals surface area contributed by atoms with E-state index in [0.29, 0.717) is 4.47 Å². The monoisotopic (exact) mass is 220 g/mol. The van der Waals surface area contributed by atoms with Crippen molar-refractivity contribution >= 4 is 15.9 Å². The SMILES string of the molecule is Cc1ccc(Br)c(C(F)F)c1. The van der Waals surface area contributed by atoms with E-state index in [1.807, 2.05) is 0 Å². The zero-order chi connectivity index (χ0) is 8.43. The molecule has 1 aromatic rings. The highest BCUT2D eigenvalue weighted by Crippen LogP contribution is 2.27. The van der Waals surface area contributed by atoms with Gasteiger partial charge in [-0.1, -0.05) is 27.6 Å². The average Bonchev–Trinajstić information content (AvgIpc) is 1.94. The summed E-state index contributed by atoms with van der Waals surface area (Å²) in [5.74, 6) is 0. The summed E-state index contributed by atoms with van der Waals surface area (Å²) in [5.41, 5.74) is 0.911. The van der Waals surface area contributed by atoms with Gasteiger partial charge in [0.2, 0.25) is 0 Å². The number of benzene rings is 1. The van der Waals surface area contributed by atoms with E-state index in [1.54, 1.807) is 19.1 Å². The molecule has 1 rings (SSSR count). The van der Waals surface area contributed by atoms with Gasteiger partial charge in [-0.05, 0) is 19.1 Å². The topological polar surface area (TPSA) is 0 Å². The maximum absolute atomic E-state index is 12.2. The summed E-state index contributed by atoms with van der Waals surface area (Å²) in [6.07, 6.45) is -2.40. The van der Waals surface area contributed by atoms with Gasteiger partial charge in [-0.3, -0.25) is 0 Å². The lowest BCUT2D eigenvalue weighted by Crippen LogP contribution is -1.86. The maximum Gasteiger partial charge on any atom is 0.264 e. The number of hydrogen-bond acceptors (Lipinski definition) is 0. The predicted molar refractivity (Wildman–Crippen MR) is 43.8 cm³/mol. The van der Waals surface area contributed by atoms with Crippen molar-refractivity contribution in [3.05, 3.63) is 33.8 Å². The molecule has 0 N–H and O–H groups in total. The van der Waals surface area contributed by atoms with Crippen molar-refractivity contribution in [2.24, 2.45) is 0 Å². The Bertz CT molecular complexity index is 258. The second-order valence-electron chi connectivity index (χ2n) is 2.33. The highest BCUT2D eigenvalue weighted by atomic mass is 79.9. The summed E-state index contributed by atoms with van der Waals surface area (Å²) in [6.45, 7) is 1.79. The molecule has 1 aromatic carbocycles. The Kier molecular flexibility index (Phi) is 2.60. The maximum atomic E-state index is 12.2. The van der Waals surface area contributed by atoms with Gasteiger partial charge in [-0.25, -0.2) is 8.78 Å². The standard InChI is InChI=1S/C8H7BrF2/c1-5-2-3-7(9)6(4-5)8(10)11/h2-4,8H,1H3. The van der Waals surface area contributed by atoms with E-state index in [9.17, 15) is 8.78 Å². The number of alkyl halides is 2. The van der Waals surface area contributed by atoms with Crippen LogP contribution in [0.1, 0.15) is 17.6 Å². The number of aryl methyl sites for hydroxylation is 1. The molecule has 0 aliphatic rings. The predicted octanol–water partition coefficient (Wildman–Crippen LogP) is 3.70. The first kappa shape index (κ1) is 8.65. The molecule has 0 aliphatic heterocycles. The second-order valence-corrected chi connectivity index (χ2v) is 3.18. The summed E-state index contributed by atoms with van der Waals surface area (Å²) in [6, 6.07) is 4.90. The van der Waals surface area contributed by atoms with Crippen molar-refractivity contribution in [2.75, 3.05) is 0 Å². The minimum atomic E-state index is -2.40. The van der Waals surface area contributed by atoms with Crippen LogP contribution in [0.5, 0.6) is 0 Å². The van der Waals surface area contributed by atoms with Gasteiger partial charge in [0.25, 0.3) is 6.43 Å². The summed E-state index contributed by atoms with van der Waals surface area (Å²) >= 11 is 3.05. The van der Waals surface area contributed by atoms with Gasteiger partial charge in [-0.2, -0.15) is 0 Å². The summed E-state index contributed by atoms with van der Waals surface area (Å²) < 4.78 is 24.8. The van der Waals surface area contributed by atoms with Crippen LogP contribution >= 0.6 is 15.9 Å². The van der Waals surface area contributed by atoms with E-state index in [0.717, 1.165) is 5.56 Å². The molecule has 3 heteroatoms. The molecule has 0 radical (unpaired) electrons. The minimum Gasteiger partial charge on any atom is -0.205 e. The van der Waals surface area contributed by atoms with Crippen molar-refractivity contribution in [1.29, 1.82) is 0 Å². The number of rotatable bonds is 1. The van der Waals surface area contributed by atoms with Gasteiger partial charge in [0.15, 0.2) is 0 Å². The molecule has 0 aliphatic carbocycles. The largest absolute Gasteiger partial charge is 0.264 e. The molecule has 0 atom stereocenters. The van der Waals surface area contributed by atoms with E-state index in [-0.39, 0.29) is 5.56 Å². The van der Waals surface area contributed by atoms with Crippen LogP contribution in [0.4, 0.5) is 8.78 Å². The third kappa shape index (κ3) is 1.99. The molecule has 0 amide bonds. The summed E-state index contributed by atoms with van der Waals surface area (Å²) in [7, 11) is 0. The van der Waals surface area contributed by atoms with Crippen LogP contribution in [-0.2, 0) is 0 Å². The van der Waals surface area contributed by atoms with E-state index < -0.39 is 6.43 Å². The number of hydrogen-bond donors (Lipinski definition) is 0. The van der Waals surface area contributed by atoms with Crippen molar-refractivity contribution < 1.29 is 8.78 Å². The average molecular weight is 221 g/mol. The first-order valence-electron chi connectivity index (χ1n) is 3.15. The fourth-order valence-electron chi connectivity index (χ4n) is 0.830. The fourth-order valence-corrected chi connectivity index (χ4v) is 1.25. The third-order valence-electron chi connectivity index (χ3n) is 1.39. The van der Waals surface area contributed by atoms with E-state index in [4.69, 9.17) is 0 Å². The molecule has 60 valence electrons. The molecule has 0 saturated carbocycles. The van der Waals surface area contributed by atoms with Gasteiger partial charge in [0.1, 0.15) is 0 Å². The molecule has 0 unspecified atom stereocenters. The van der Waals surface area contributed by atoms with Gasteiger partial charge in [0.05, 0.1) is 0 Å². The van der Waals surface area contributed by atoms with E-state index in [1.165, 1.54) is 6.07 Å². The highest BCUT2D eigenvalue weighted by molar-refractivity contribution is 9.10.